The van der Waals surface area contributed by atoms with Crippen LogP contribution in [0.3, 0.4) is 0 Å². The van der Waals surface area contributed by atoms with E-state index in [0.717, 1.165) is 18.5 Å². The fourth-order valence-corrected chi connectivity index (χ4v) is 4.48. The molecule has 1 fully saturated rings. The van der Waals surface area contributed by atoms with E-state index < -0.39 is 10.0 Å². The summed E-state index contributed by atoms with van der Waals surface area (Å²) in [5.41, 5.74) is 1.23. The van der Waals surface area contributed by atoms with Gasteiger partial charge < -0.3 is 5.32 Å². The van der Waals surface area contributed by atoms with Crippen molar-refractivity contribution in [2.45, 2.75) is 17.7 Å². The number of hydrogen-bond acceptors (Lipinski definition) is 4. The van der Waals surface area contributed by atoms with Gasteiger partial charge in [-0.3, -0.25) is 4.79 Å². The minimum atomic E-state index is -3.45. The second-order valence-corrected chi connectivity index (χ2v) is 8.30. The molecule has 0 bridgehead atoms. The van der Waals surface area contributed by atoms with Crippen molar-refractivity contribution in [2.24, 2.45) is 0 Å². The van der Waals surface area contributed by atoms with Gasteiger partial charge in [-0.25, -0.2) is 8.42 Å². The number of ketones is 1. The summed E-state index contributed by atoms with van der Waals surface area (Å²) >= 11 is 5.91. The molecule has 7 heteroatoms. The molecule has 132 valence electrons. The summed E-state index contributed by atoms with van der Waals surface area (Å²) in [6.45, 7) is 1.23. The lowest BCUT2D eigenvalue weighted by Crippen LogP contribution is -2.27. The van der Waals surface area contributed by atoms with Gasteiger partial charge >= 0.3 is 0 Å². The smallest absolute Gasteiger partial charge is 0.243 e. The summed E-state index contributed by atoms with van der Waals surface area (Å²) < 4.78 is 26.4. The maximum absolute atomic E-state index is 12.5. The van der Waals surface area contributed by atoms with Crippen molar-refractivity contribution in [3.8, 4) is 0 Å². The largest absolute Gasteiger partial charge is 0.378 e. The molecular weight excluding hydrogens is 360 g/mol. The van der Waals surface area contributed by atoms with Crippen LogP contribution in [0.4, 0.5) is 5.69 Å². The molecule has 0 spiro atoms. The molecule has 2 aromatic carbocycles. The Morgan fingerprint density at radius 3 is 2.40 bits per heavy atom. The maximum atomic E-state index is 12.5. The number of halogens is 1. The van der Waals surface area contributed by atoms with Crippen molar-refractivity contribution >= 4 is 33.1 Å². The fraction of sp³-hybridized carbons (Fsp3) is 0.278. The Bertz CT molecular complexity index is 860. The minimum absolute atomic E-state index is 0.110. The third kappa shape index (κ3) is 4.21. The van der Waals surface area contributed by atoms with Crippen LogP contribution in [0, 0.1) is 0 Å². The molecule has 0 radical (unpaired) electrons. The normalized spacial score (nSPS) is 15.2. The van der Waals surface area contributed by atoms with Gasteiger partial charge in [0.25, 0.3) is 0 Å². The van der Waals surface area contributed by atoms with E-state index in [-0.39, 0.29) is 17.2 Å². The second kappa shape index (κ2) is 7.56. The molecule has 0 unspecified atom stereocenters. The van der Waals surface area contributed by atoms with Gasteiger partial charge in [-0.15, -0.1) is 0 Å². The average molecular weight is 379 g/mol. The Kier molecular flexibility index (Phi) is 5.42. The molecule has 0 aliphatic carbocycles. The van der Waals surface area contributed by atoms with Gasteiger partial charge in [0, 0.05) is 29.4 Å². The van der Waals surface area contributed by atoms with Gasteiger partial charge in [0.15, 0.2) is 5.78 Å². The van der Waals surface area contributed by atoms with Crippen LogP contribution >= 0.6 is 11.6 Å². The highest BCUT2D eigenvalue weighted by molar-refractivity contribution is 7.89. The van der Waals surface area contributed by atoms with E-state index in [2.05, 4.69) is 5.32 Å². The zero-order valence-corrected chi connectivity index (χ0v) is 15.2. The van der Waals surface area contributed by atoms with Crippen molar-refractivity contribution in [3.63, 3.8) is 0 Å². The van der Waals surface area contributed by atoms with Crippen LogP contribution in [0.15, 0.2) is 53.4 Å². The average Bonchev–Trinajstić information content (AvgIpc) is 3.15. The first-order chi connectivity index (χ1) is 12.0. The summed E-state index contributed by atoms with van der Waals surface area (Å²) in [4.78, 5) is 12.5. The molecule has 25 heavy (non-hydrogen) atoms. The highest BCUT2D eigenvalue weighted by atomic mass is 35.5. The standard InChI is InChI=1S/C18H19ClN2O3S/c19-15-4-3-5-16(12-15)20-13-18(22)14-6-8-17(9-7-14)25(23,24)21-10-1-2-11-21/h3-9,12,20H,1-2,10-11,13H2. The SMILES string of the molecule is O=C(CNc1cccc(Cl)c1)c1ccc(S(=O)(=O)N2CCCC2)cc1. The molecule has 5 nitrogen and oxygen atoms in total. The van der Waals surface area contributed by atoms with Gasteiger partial charge in [-0.2, -0.15) is 4.31 Å². The fourth-order valence-electron chi connectivity index (χ4n) is 2.77. The number of hydrogen-bond donors (Lipinski definition) is 1. The third-order valence-corrected chi connectivity index (χ3v) is 6.30. The second-order valence-electron chi connectivity index (χ2n) is 5.92. The summed E-state index contributed by atoms with van der Waals surface area (Å²) in [7, 11) is -3.45. The Hall–Kier alpha value is -1.89. The van der Waals surface area contributed by atoms with E-state index in [1.54, 1.807) is 30.3 Å². The van der Waals surface area contributed by atoms with Crippen molar-refractivity contribution in [2.75, 3.05) is 25.0 Å². The Labute approximate surface area is 152 Å². The van der Waals surface area contributed by atoms with Gasteiger partial charge in [-0.1, -0.05) is 17.7 Å². The summed E-state index contributed by atoms with van der Waals surface area (Å²) in [5, 5.41) is 3.60. The summed E-state index contributed by atoms with van der Waals surface area (Å²) in [5.74, 6) is -0.120. The molecule has 1 aliphatic rings. The topological polar surface area (TPSA) is 66.5 Å². The maximum Gasteiger partial charge on any atom is 0.243 e. The van der Waals surface area contributed by atoms with Gasteiger partial charge in [-0.05, 0) is 55.3 Å². The Morgan fingerprint density at radius 2 is 1.76 bits per heavy atom. The predicted octanol–water partition coefficient (Wildman–Crippen LogP) is 3.42. The number of Topliss-reactive ketones (excluding diaryl/α,β-unsaturated/α-hetero) is 1. The van der Waals surface area contributed by atoms with Crippen LogP contribution in [0.1, 0.15) is 23.2 Å². The van der Waals surface area contributed by atoms with Crippen LogP contribution in [-0.4, -0.2) is 38.1 Å². The number of carbonyl (C=O) groups excluding carboxylic acids is 1. The van der Waals surface area contributed by atoms with E-state index in [0.29, 0.717) is 23.7 Å². The van der Waals surface area contributed by atoms with Crippen molar-refractivity contribution in [3.05, 3.63) is 59.1 Å². The highest BCUT2D eigenvalue weighted by Crippen LogP contribution is 2.21. The van der Waals surface area contributed by atoms with Crippen LogP contribution in [0.25, 0.3) is 0 Å². The molecule has 0 amide bonds. The quantitative estimate of drug-likeness (QED) is 0.782. The molecule has 3 rings (SSSR count). The minimum Gasteiger partial charge on any atom is -0.378 e. The van der Waals surface area contributed by atoms with Gasteiger partial charge in [0.2, 0.25) is 10.0 Å². The van der Waals surface area contributed by atoms with Crippen LogP contribution in [0.2, 0.25) is 5.02 Å². The molecule has 2 aromatic rings. The van der Waals surface area contributed by atoms with E-state index in [1.165, 1.54) is 16.4 Å². The predicted molar refractivity (Wildman–Crippen MR) is 98.7 cm³/mol. The van der Waals surface area contributed by atoms with Crippen LogP contribution < -0.4 is 5.32 Å². The molecule has 1 N–H and O–H groups in total. The Morgan fingerprint density at radius 1 is 1.08 bits per heavy atom. The summed E-state index contributed by atoms with van der Waals surface area (Å²) in [6.07, 6.45) is 1.79. The van der Waals surface area contributed by atoms with E-state index in [9.17, 15) is 13.2 Å². The van der Waals surface area contributed by atoms with Gasteiger partial charge in [0.1, 0.15) is 0 Å². The van der Waals surface area contributed by atoms with E-state index >= 15 is 0 Å². The molecule has 0 saturated carbocycles. The molecule has 0 atom stereocenters. The highest BCUT2D eigenvalue weighted by Gasteiger charge is 2.27. The number of nitrogens with one attached hydrogen (secondary N) is 1. The number of sulfonamides is 1. The molecular formula is C18H19ClN2O3S. The third-order valence-electron chi connectivity index (χ3n) is 4.16. The monoisotopic (exact) mass is 378 g/mol. The first kappa shape index (κ1) is 17.9. The molecule has 1 saturated heterocycles. The Balaban J connectivity index is 1.66. The van der Waals surface area contributed by atoms with Crippen LogP contribution in [-0.2, 0) is 10.0 Å². The van der Waals surface area contributed by atoms with E-state index in [1.807, 2.05) is 6.07 Å². The summed E-state index contributed by atoms with van der Waals surface area (Å²) in [6, 6.07) is 13.2. The zero-order chi connectivity index (χ0) is 17.9. The van der Waals surface area contributed by atoms with Crippen LogP contribution in [0.5, 0.6) is 0 Å². The lowest BCUT2D eigenvalue weighted by molar-refractivity contribution is 0.101. The number of nitrogens with zero attached hydrogens (tertiary/aromatic N) is 1. The number of rotatable bonds is 6. The molecule has 0 aromatic heterocycles. The van der Waals surface area contributed by atoms with E-state index in [4.69, 9.17) is 11.6 Å². The molecule has 1 aliphatic heterocycles. The van der Waals surface area contributed by atoms with Crippen molar-refractivity contribution in [1.29, 1.82) is 0 Å². The first-order valence-corrected chi connectivity index (χ1v) is 9.91. The number of benzene rings is 2. The lowest BCUT2D eigenvalue weighted by Gasteiger charge is -2.15. The number of carbonyl (C=O) groups is 1. The van der Waals surface area contributed by atoms with Crippen molar-refractivity contribution in [1.82, 2.24) is 4.31 Å². The number of anilines is 1. The first-order valence-electron chi connectivity index (χ1n) is 8.10. The zero-order valence-electron chi connectivity index (χ0n) is 13.6. The van der Waals surface area contributed by atoms with Crippen molar-refractivity contribution < 1.29 is 13.2 Å². The molecule has 1 heterocycles. The van der Waals surface area contributed by atoms with Gasteiger partial charge in [0.05, 0.1) is 11.4 Å². The lowest BCUT2D eigenvalue weighted by atomic mass is 10.1.